The molecule has 84 valence electrons. The predicted octanol–water partition coefficient (Wildman–Crippen LogP) is 2.98. The Morgan fingerprint density at radius 3 is 2.33 bits per heavy atom. The zero-order chi connectivity index (χ0) is 11.6. The van der Waals surface area contributed by atoms with Gasteiger partial charge in [-0.2, -0.15) is 0 Å². The molecule has 0 spiro atoms. The van der Waals surface area contributed by atoms with Crippen molar-refractivity contribution in [2.45, 2.75) is 0 Å². The molecule has 0 aliphatic carbocycles. The van der Waals surface area contributed by atoms with E-state index in [2.05, 4.69) is 53.2 Å². The molecular weight excluding hydrogens is 419 g/mol. The van der Waals surface area contributed by atoms with E-state index < -0.39 is 7.75 Å². The zero-order valence-electron chi connectivity index (χ0n) is 7.04. The van der Waals surface area contributed by atoms with Gasteiger partial charge < -0.3 is 15.2 Å². The monoisotopic (exact) mass is 422 g/mol. The van der Waals surface area contributed by atoms with Crippen molar-refractivity contribution in [1.82, 2.24) is 5.20 Å². The van der Waals surface area contributed by atoms with Crippen molar-refractivity contribution < 1.29 is 14.4 Å². The molecule has 0 unspecified atom stereocenters. The van der Waals surface area contributed by atoms with Gasteiger partial charge in [-0.15, -0.1) is 5.20 Å². The Morgan fingerprint density at radius 1 is 1.20 bits per heavy atom. The first-order valence-corrected chi connectivity index (χ1v) is 7.52. The number of benzene rings is 1. The Kier molecular flexibility index (Phi) is 4.79. The highest BCUT2D eigenvalue weighted by molar-refractivity contribution is 9.13. The summed E-state index contributed by atoms with van der Waals surface area (Å²) in [5.41, 5.74) is 2.91. The third kappa shape index (κ3) is 4.52. The molecule has 0 aromatic heterocycles. The first-order chi connectivity index (χ1) is 6.79. The largest absolute Gasteiger partial charge is 0.417 e. The number of hydrogen-bond acceptors (Lipinski definition) is 2. The van der Waals surface area contributed by atoms with Crippen molar-refractivity contribution in [3.05, 3.63) is 25.6 Å². The summed E-state index contributed by atoms with van der Waals surface area (Å²) in [7, 11) is -4.29. The van der Waals surface area contributed by atoms with Crippen molar-refractivity contribution in [3.63, 3.8) is 0 Å². The molecule has 1 aromatic carbocycles. The second-order valence-electron chi connectivity index (χ2n) is 2.53. The van der Waals surface area contributed by atoms with Crippen LogP contribution in [0.25, 0.3) is 0 Å². The van der Waals surface area contributed by atoms with Crippen molar-refractivity contribution in [2.24, 2.45) is 0 Å². The smallest absolute Gasteiger partial charge is 0.311 e. The predicted molar refractivity (Wildman–Crippen MR) is 68.3 cm³/mol. The van der Waals surface area contributed by atoms with E-state index >= 15 is 0 Å². The van der Waals surface area contributed by atoms with E-state index in [0.717, 1.165) is 8.95 Å². The van der Waals surface area contributed by atoms with Crippen LogP contribution >= 0.6 is 55.5 Å². The Balaban J connectivity index is 2.90. The van der Waals surface area contributed by atoms with E-state index in [4.69, 9.17) is 9.79 Å². The van der Waals surface area contributed by atoms with E-state index in [0.29, 0.717) is 10.2 Å². The fourth-order valence-electron chi connectivity index (χ4n) is 0.780. The van der Waals surface area contributed by atoms with Crippen LogP contribution in [0.15, 0.2) is 25.6 Å². The lowest BCUT2D eigenvalue weighted by atomic mass is 10.3. The van der Waals surface area contributed by atoms with Gasteiger partial charge in [-0.1, -0.05) is 15.9 Å². The van der Waals surface area contributed by atoms with E-state index in [9.17, 15) is 4.57 Å². The van der Waals surface area contributed by atoms with Crippen LogP contribution in [0.4, 0.5) is 5.69 Å². The van der Waals surface area contributed by atoms with Crippen molar-refractivity contribution in [3.8, 4) is 0 Å². The Labute approximate surface area is 111 Å². The highest BCUT2D eigenvalue weighted by Crippen LogP contribution is 2.35. The topological polar surface area (TPSA) is 81.6 Å². The number of halogens is 3. The third-order valence-corrected chi connectivity index (χ3v) is 4.20. The van der Waals surface area contributed by atoms with Gasteiger partial charge in [0.15, 0.2) is 0 Å². The fourth-order valence-corrected chi connectivity index (χ4v) is 2.60. The van der Waals surface area contributed by atoms with Crippen LogP contribution in [-0.4, -0.2) is 9.79 Å². The third-order valence-electron chi connectivity index (χ3n) is 1.33. The molecule has 1 aromatic rings. The van der Waals surface area contributed by atoms with Crippen LogP contribution in [0.1, 0.15) is 0 Å². The normalized spacial score (nSPS) is 11.5. The molecule has 0 fully saturated rings. The molecule has 0 aliphatic heterocycles. The van der Waals surface area contributed by atoms with Gasteiger partial charge in [-0.05, 0) is 44.0 Å². The Morgan fingerprint density at radius 2 is 1.80 bits per heavy atom. The average Bonchev–Trinajstić information content (AvgIpc) is 2.07. The number of rotatable bonds is 3. The van der Waals surface area contributed by atoms with Crippen molar-refractivity contribution in [1.29, 1.82) is 0 Å². The van der Waals surface area contributed by atoms with Gasteiger partial charge in [0.1, 0.15) is 0 Å². The van der Waals surface area contributed by atoms with Gasteiger partial charge in [0, 0.05) is 8.95 Å². The lowest BCUT2D eigenvalue weighted by Gasteiger charge is -2.12. The van der Waals surface area contributed by atoms with Gasteiger partial charge in [0.05, 0.1) is 10.2 Å². The minimum absolute atomic E-state index is 0.500. The van der Waals surface area contributed by atoms with Crippen LogP contribution < -0.4 is 10.6 Å². The van der Waals surface area contributed by atoms with Crippen LogP contribution in [0.5, 0.6) is 0 Å². The molecule has 0 saturated heterocycles. The SMILES string of the molecule is O=P(O)(O)NNc1cc(Br)cc(Br)c1Br. The van der Waals surface area contributed by atoms with E-state index in [1.54, 1.807) is 12.1 Å². The van der Waals surface area contributed by atoms with Crippen molar-refractivity contribution >= 4 is 61.2 Å². The fraction of sp³-hybridized carbons (Fsp3) is 0. The maximum absolute atomic E-state index is 10.6. The summed E-state index contributed by atoms with van der Waals surface area (Å²) in [4.78, 5) is 17.2. The number of hydrazine groups is 1. The number of hydrogen-bond donors (Lipinski definition) is 4. The summed E-state index contributed by atoms with van der Waals surface area (Å²) >= 11 is 9.79. The lowest BCUT2D eigenvalue weighted by molar-refractivity contribution is 0.362. The summed E-state index contributed by atoms with van der Waals surface area (Å²) < 4.78 is 12.8. The van der Waals surface area contributed by atoms with E-state index in [1.807, 2.05) is 5.20 Å². The standard InChI is InChI=1S/C6H6Br3N2O3P/c7-3-1-4(8)6(9)5(2-3)10-11-15(12,13)14/h1-2,10H,(H3,11,12,13,14). The maximum Gasteiger partial charge on any atom is 0.417 e. The molecule has 4 N–H and O–H groups in total. The second kappa shape index (κ2) is 5.27. The molecule has 0 heterocycles. The van der Waals surface area contributed by atoms with Gasteiger partial charge in [-0.3, -0.25) is 0 Å². The quantitative estimate of drug-likeness (QED) is 0.341. The molecule has 0 amide bonds. The van der Waals surface area contributed by atoms with Crippen LogP contribution in [0.3, 0.4) is 0 Å². The molecule has 0 saturated carbocycles. The minimum atomic E-state index is -4.29. The number of anilines is 1. The zero-order valence-corrected chi connectivity index (χ0v) is 12.7. The first kappa shape index (κ1) is 13.6. The molecule has 9 heteroatoms. The van der Waals surface area contributed by atoms with Crippen molar-refractivity contribution in [2.75, 3.05) is 5.43 Å². The average molecular weight is 425 g/mol. The molecule has 0 radical (unpaired) electrons. The van der Waals surface area contributed by atoms with E-state index in [-0.39, 0.29) is 0 Å². The van der Waals surface area contributed by atoms with Gasteiger partial charge in [0.25, 0.3) is 0 Å². The number of nitrogens with one attached hydrogen (secondary N) is 2. The molecule has 0 atom stereocenters. The summed E-state index contributed by atoms with van der Waals surface area (Å²) in [5.74, 6) is 0. The van der Waals surface area contributed by atoms with Crippen LogP contribution in [0, 0.1) is 0 Å². The highest BCUT2D eigenvalue weighted by Gasteiger charge is 2.13. The molecule has 15 heavy (non-hydrogen) atoms. The highest BCUT2D eigenvalue weighted by atomic mass is 79.9. The van der Waals surface area contributed by atoms with Crippen LogP contribution in [0.2, 0.25) is 0 Å². The molecule has 5 nitrogen and oxygen atoms in total. The molecule has 0 aliphatic rings. The van der Waals surface area contributed by atoms with Crippen LogP contribution in [-0.2, 0) is 4.57 Å². The first-order valence-electron chi connectivity index (χ1n) is 3.53. The molecule has 0 bridgehead atoms. The van der Waals surface area contributed by atoms with Gasteiger partial charge in [0.2, 0.25) is 0 Å². The summed E-state index contributed by atoms with van der Waals surface area (Å²) in [6, 6.07) is 3.46. The van der Waals surface area contributed by atoms with E-state index in [1.165, 1.54) is 0 Å². The maximum atomic E-state index is 10.6. The summed E-state index contributed by atoms with van der Waals surface area (Å²) in [6.07, 6.45) is 0. The Hall–Kier alpha value is 0.570. The van der Waals surface area contributed by atoms with Gasteiger partial charge in [-0.25, -0.2) is 4.57 Å². The Bertz CT molecular complexity index is 422. The summed E-state index contributed by atoms with van der Waals surface area (Å²) in [5, 5.41) is 1.88. The second-order valence-corrected chi connectivity index (χ2v) is 6.40. The molecule has 1 rings (SSSR count). The summed E-state index contributed by atoms with van der Waals surface area (Å²) in [6.45, 7) is 0. The lowest BCUT2D eigenvalue weighted by Crippen LogP contribution is -2.18. The van der Waals surface area contributed by atoms with Gasteiger partial charge >= 0.3 is 7.75 Å². The minimum Gasteiger partial charge on any atom is -0.311 e. The molecular formula is C6H6Br3N2O3P.